The molecule has 0 aliphatic carbocycles. The van der Waals surface area contributed by atoms with E-state index in [-0.39, 0.29) is 17.5 Å². The van der Waals surface area contributed by atoms with Crippen LogP contribution >= 0.6 is 22.6 Å². The van der Waals surface area contributed by atoms with Crippen LogP contribution in [0.2, 0.25) is 0 Å². The number of halogens is 1. The third-order valence-corrected chi connectivity index (χ3v) is 2.99. The van der Waals surface area contributed by atoms with Crippen molar-refractivity contribution >= 4 is 28.6 Å². The fraction of sp³-hybridized carbons (Fsp3) is 0.889. The summed E-state index contributed by atoms with van der Waals surface area (Å²) in [6.45, 7) is 3.92. The van der Waals surface area contributed by atoms with Crippen molar-refractivity contribution in [3.63, 3.8) is 0 Å². The highest BCUT2D eigenvalue weighted by Crippen LogP contribution is 2.34. The Labute approximate surface area is 87.2 Å². The summed E-state index contributed by atoms with van der Waals surface area (Å²) in [5.41, 5.74) is -0.240. The molecule has 0 radical (unpaired) electrons. The van der Waals surface area contributed by atoms with Crippen LogP contribution in [0.3, 0.4) is 0 Å². The van der Waals surface area contributed by atoms with E-state index in [4.69, 9.17) is 4.74 Å². The molecule has 70 valence electrons. The van der Waals surface area contributed by atoms with Gasteiger partial charge in [-0.3, -0.25) is 4.79 Å². The zero-order valence-electron chi connectivity index (χ0n) is 7.60. The maximum Gasteiger partial charge on any atom is 0.311 e. The first-order chi connectivity index (χ1) is 5.56. The Balaban J connectivity index is 2.39. The lowest BCUT2D eigenvalue weighted by molar-refractivity contribution is -0.147. The molecule has 2 nitrogen and oxygen atoms in total. The van der Waals surface area contributed by atoms with Crippen LogP contribution in [0.5, 0.6) is 0 Å². The van der Waals surface area contributed by atoms with Gasteiger partial charge in [-0.15, -0.1) is 0 Å². The van der Waals surface area contributed by atoms with Crippen LogP contribution in [0.1, 0.15) is 33.1 Å². The summed E-state index contributed by atoms with van der Waals surface area (Å²) in [7, 11) is 0. The maximum absolute atomic E-state index is 11.2. The van der Waals surface area contributed by atoms with E-state index in [1.807, 2.05) is 13.8 Å². The minimum absolute atomic E-state index is 0.0269. The molecule has 1 aliphatic heterocycles. The lowest BCUT2D eigenvalue weighted by Gasteiger charge is -2.09. The lowest BCUT2D eigenvalue weighted by atomic mass is 9.89. The second-order valence-electron chi connectivity index (χ2n) is 3.95. The monoisotopic (exact) mass is 282 g/mol. The summed E-state index contributed by atoms with van der Waals surface area (Å²) in [4.78, 5) is 11.2. The molecule has 1 rings (SSSR count). The number of carbonyl (C=O) groups is 1. The molecule has 1 aliphatic rings. The van der Waals surface area contributed by atoms with Crippen LogP contribution in [0.4, 0.5) is 0 Å². The third kappa shape index (κ3) is 2.34. The molecular weight excluding hydrogens is 267 g/mol. The largest absolute Gasteiger partial charge is 0.462 e. The number of hydrogen-bond donors (Lipinski definition) is 0. The fourth-order valence-corrected chi connectivity index (χ4v) is 1.91. The van der Waals surface area contributed by atoms with Crippen LogP contribution in [0.15, 0.2) is 0 Å². The lowest BCUT2D eigenvalue weighted by Crippen LogP contribution is -2.16. The smallest absolute Gasteiger partial charge is 0.311 e. The topological polar surface area (TPSA) is 26.3 Å². The van der Waals surface area contributed by atoms with Crippen LogP contribution in [0, 0.1) is 5.41 Å². The molecule has 3 heteroatoms. The third-order valence-electron chi connectivity index (χ3n) is 2.22. The molecule has 0 aromatic carbocycles. The SMILES string of the molecule is CC1(C)CC(CCCI)OC1=O. The Morgan fingerprint density at radius 3 is 2.75 bits per heavy atom. The molecule has 0 amide bonds. The minimum Gasteiger partial charge on any atom is -0.462 e. The summed E-state index contributed by atoms with van der Waals surface area (Å²) in [5.74, 6) is -0.0269. The first kappa shape index (κ1) is 10.3. The molecule has 1 atom stereocenters. The van der Waals surface area contributed by atoms with E-state index in [9.17, 15) is 4.79 Å². The highest BCUT2D eigenvalue weighted by molar-refractivity contribution is 14.1. The number of rotatable bonds is 3. The molecule has 0 aromatic heterocycles. The van der Waals surface area contributed by atoms with Gasteiger partial charge in [0.25, 0.3) is 0 Å². The van der Waals surface area contributed by atoms with Gasteiger partial charge in [0.1, 0.15) is 6.10 Å². The van der Waals surface area contributed by atoms with Crippen molar-refractivity contribution in [2.45, 2.75) is 39.2 Å². The molecule has 1 heterocycles. The number of alkyl halides is 1. The van der Waals surface area contributed by atoms with Gasteiger partial charge in [0.05, 0.1) is 5.41 Å². The number of cyclic esters (lactones) is 1. The van der Waals surface area contributed by atoms with Gasteiger partial charge in [-0.05, 0) is 37.5 Å². The van der Waals surface area contributed by atoms with Gasteiger partial charge < -0.3 is 4.74 Å². The van der Waals surface area contributed by atoms with E-state index in [0.717, 1.165) is 23.7 Å². The molecule has 0 bridgehead atoms. The Kier molecular flexibility index (Phi) is 3.37. The highest BCUT2D eigenvalue weighted by atomic mass is 127. The van der Waals surface area contributed by atoms with Crippen LogP contribution in [-0.2, 0) is 9.53 Å². The van der Waals surface area contributed by atoms with E-state index in [1.54, 1.807) is 0 Å². The second-order valence-corrected chi connectivity index (χ2v) is 5.03. The normalized spacial score (nSPS) is 27.2. The van der Waals surface area contributed by atoms with E-state index in [0.29, 0.717) is 0 Å². The number of carbonyl (C=O) groups excluding carboxylic acids is 1. The van der Waals surface area contributed by atoms with Gasteiger partial charge in [-0.25, -0.2) is 0 Å². The molecular formula is C9H15IO2. The molecule has 0 N–H and O–H groups in total. The van der Waals surface area contributed by atoms with Gasteiger partial charge in [0.2, 0.25) is 0 Å². The highest BCUT2D eigenvalue weighted by Gasteiger charge is 2.40. The summed E-state index contributed by atoms with van der Waals surface area (Å²) in [5, 5.41) is 0. The van der Waals surface area contributed by atoms with Crippen LogP contribution < -0.4 is 0 Å². The average molecular weight is 282 g/mol. The quantitative estimate of drug-likeness (QED) is 0.452. The van der Waals surface area contributed by atoms with Gasteiger partial charge in [-0.1, -0.05) is 22.6 Å². The van der Waals surface area contributed by atoms with Crippen molar-refractivity contribution in [3.8, 4) is 0 Å². The van der Waals surface area contributed by atoms with Crippen molar-refractivity contribution < 1.29 is 9.53 Å². The van der Waals surface area contributed by atoms with Gasteiger partial charge in [0, 0.05) is 0 Å². The average Bonchev–Trinajstić information content (AvgIpc) is 2.22. The van der Waals surface area contributed by atoms with Crippen LogP contribution in [0.25, 0.3) is 0 Å². The standard InChI is InChI=1S/C9H15IO2/c1-9(2)6-7(4-3-5-10)12-8(9)11/h7H,3-6H2,1-2H3. The summed E-state index contributed by atoms with van der Waals surface area (Å²) < 4.78 is 6.38. The van der Waals surface area contributed by atoms with Crippen molar-refractivity contribution in [1.82, 2.24) is 0 Å². The molecule has 0 spiro atoms. The van der Waals surface area contributed by atoms with Gasteiger partial charge in [0.15, 0.2) is 0 Å². The van der Waals surface area contributed by atoms with E-state index < -0.39 is 0 Å². The molecule has 1 unspecified atom stereocenters. The number of ether oxygens (including phenoxy) is 1. The molecule has 12 heavy (non-hydrogen) atoms. The molecule has 0 aromatic rings. The molecule has 0 saturated carbocycles. The Bertz CT molecular complexity index is 177. The summed E-state index contributed by atoms with van der Waals surface area (Å²) in [6, 6.07) is 0. The predicted octanol–water partition coefficient (Wildman–Crippen LogP) is 2.54. The Morgan fingerprint density at radius 2 is 2.33 bits per heavy atom. The minimum atomic E-state index is -0.240. The van der Waals surface area contributed by atoms with Gasteiger partial charge >= 0.3 is 5.97 Å². The Hall–Kier alpha value is 0.200. The van der Waals surface area contributed by atoms with Crippen molar-refractivity contribution in [1.29, 1.82) is 0 Å². The number of hydrogen-bond acceptors (Lipinski definition) is 2. The van der Waals surface area contributed by atoms with Crippen molar-refractivity contribution in [3.05, 3.63) is 0 Å². The zero-order valence-corrected chi connectivity index (χ0v) is 9.76. The summed E-state index contributed by atoms with van der Waals surface area (Å²) in [6.07, 6.45) is 3.25. The maximum atomic E-state index is 11.2. The number of esters is 1. The summed E-state index contributed by atoms with van der Waals surface area (Å²) >= 11 is 2.35. The van der Waals surface area contributed by atoms with Crippen LogP contribution in [-0.4, -0.2) is 16.5 Å². The molecule has 1 saturated heterocycles. The van der Waals surface area contributed by atoms with E-state index in [2.05, 4.69) is 22.6 Å². The predicted molar refractivity (Wildman–Crippen MR) is 56.4 cm³/mol. The van der Waals surface area contributed by atoms with Crippen molar-refractivity contribution in [2.24, 2.45) is 5.41 Å². The van der Waals surface area contributed by atoms with Crippen molar-refractivity contribution in [2.75, 3.05) is 4.43 Å². The van der Waals surface area contributed by atoms with E-state index >= 15 is 0 Å². The fourth-order valence-electron chi connectivity index (χ4n) is 1.47. The first-order valence-electron chi connectivity index (χ1n) is 4.33. The Morgan fingerprint density at radius 1 is 1.67 bits per heavy atom. The molecule has 1 fully saturated rings. The van der Waals surface area contributed by atoms with E-state index in [1.165, 1.54) is 0 Å². The second kappa shape index (κ2) is 3.94. The van der Waals surface area contributed by atoms with Gasteiger partial charge in [-0.2, -0.15) is 0 Å². The first-order valence-corrected chi connectivity index (χ1v) is 5.86. The zero-order chi connectivity index (χ0) is 9.19.